The molecule has 10 rings (SSSR count). The molecule has 1 aliphatic rings. The van der Waals surface area contributed by atoms with Gasteiger partial charge in [-0.25, -0.2) is 4.98 Å². The third-order valence-electron chi connectivity index (χ3n) is 9.77. The van der Waals surface area contributed by atoms with E-state index in [2.05, 4.69) is 168 Å². The summed E-state index contributed by atoms with van der Waals surface area (Å²) in [5.41, 5.74) is 12.9. The number of benzene rings is 7. The van der Waals surface area contributed by atoms with Crippen LogP contribution in [-0.4, -0.2) is 16.6 Å². The Morgan fingerprint density at radius 2 is 0.882 bits per heavy atom. The molecule has 1 aliphatic heterocycles. The van der Waals surface area contributed by atoms with Gasteiger partial charge >= 0.3 is 0 Å². The molecular formula is C48H35N3. The Hall–Kier alpha value is -6.71. The molecular weight excluding hydrogens is 619 g/mol. The van der Waals surface area contributed by atoms with Crippen LogP contribution in [0.3, 0.4) is 0 Å². The van der Waals surface area contributed by atoms with E-state index < -0.39 is 0 Å². The number of hydrogen-bond acceptors (Lipinski definition) is 2. The number of rotatable bonds is 3. The molecule has 0 spiro atoms. The normalized spacial score (nSPS) is 11.6. The predicted molar refractivity (Wildman–Crippen MR) is 215 cm³/mol. The van der Waals surface area contributed by atoms with Crippen molar-refractivity contribution < 1.29 is 0 Å². The number of para-hydroxylation sites is 2. The number of hydrogen-bond donors (Lipinski definition) is 0. The van der Waals surface area contributed by atoms with E-state index >= 15 is 0 Å². The van der Waals surface area contributed by atoms with Gasteiger partial charge in [0.1, 0.15) is 5.82 Å². The lowest BCUT2D eigenvalue weighted by Gasteiger charge is -2.20. The molecule has 2 aromatic heterocycles. The first kappa shape index (κ1) is 30.4. The molecule has 242 valence electrons. The third-order valence-corrected chi connectivity index (χ3v) is 9.77. The van der Waals surface area contributed by atoms with Crippen LogP contribution in [0.25, 0.3) is 72.1 Å². The molecule has 0 bridgehead atoms. The van der Waals surface area contributed by atoms with Gasteiger partial charge in [-0.3, -0.25) is 4.57 Å². The van der Waals surface area contributed by atoms with Crippen molar-refractivity contribution in [3.63, 3.8) is 0 Å². The lowest BCUT2D eigenvalue weighted by atomic mass is 9.97. The molecule has 0 radical (unpaired) electrons. The van der Waals surface area contributed by atoms with Gasteiger partial charge in [-0.05, 0) is 64.4 Å². The largest absolute Gasteiger partial charge is 0.330 e. The fraction of sp³-hybridized carbons (Fsp3) is 0.0208. The third kappa shape index (κ3) is 5.65. The van der Waals surface area contributed by atoms with E-state index in [0.29, 0.717) is 0 Å². The molecule has 3 heterocycles. The van der Waals surface area contributed by atoms with Crippen molar-refractivity contribution in [3.8, 4) is 50.5 Å². The van der Waals surface area contributed by atoms with Gasteiger partial charge in [0.15, 0.2) is 0 Å². The molecule has 0 saturated carbocycles. The minimum Gasteiger partial charge on any atom is -0.330 e. The van der Waals surface area contributed by atoms with Crippen LogP contribution in [0.5, 0.6) is 0 Å². The smallest absolute Gasteiger partial charge is 0.118 e. The van der Waals surface area contributed by atoms with Crippen LogP contribution < -0.4 is 4.90 Å². The quantitative estimate of drug-likeness (QED) is 0.189. The summed E-state index contributed by atoms with van der Waals surface area (Å²) in [6.45, 7) is 0. The Balaban J connectivity index is 0.000000138. The molecule has 3 nitrogen and oxygen atoms in total. The highest BCUT2D eigenvalue weighted by atomic mass is 15.2. The standard InChI is InChI=1S/C25H18N2.C23H17N/c1-26-23-13-7-5-11-20(23)21-14-17-8-2-3-9-18(17)15-24(21)27-22-12-6-4-10-19(22)16-25(26)27;1-4-10-18(11-5-1)21-16-22(19-12-6-2-7-13-19)24-23(17-21)20-14-8-3-9-15-20/h2-16H,1H3;1-17H. The molecule has 51 heavy (non-hydrogen) atoms. The van der Waals surface area contributed by atoms with E-state index in [1.807, 2.05) is 42.5 Å². The average Bonchev–Trinajstić information content (AvgIpc) is 3.57. The number of fused-ring (bicyclic) bond motifs is 8. The minimum atomic E-state index is 0.996. The van der Waals surface area contributed by atoms with Crippen LogP contribution in [0.15, 0.2) is 194 Å². The first-order valence-electron chi connectivity index (χ1n) is 17.4. The molecule has 0 unspecified atom stereocenters. The van der Waals surface area contributed by atoms with Crippen LogP contribution >= 0.6 is 0 Å². The van der Waals surface area contributed by atoms with Crippen LogP contribution in [-0.2, 0) is 0 Å². The van der Waals surface area contributed by atoms with Crippen LogP contribution in [0, 0.1) is 0 Å². The summed E-state index contributed by atoms with van der Waals surface area (Å²) >= 11 is 0. The lowest BCUT2D eigenvalue weighted by Crippen LogP contribution is -2.12. The summed E-state index contributed by atoms with van der Waals surface area (Å²) in [7, 11) is 2.16. The van der Waals surface area contributed by atoms with Gasteiger partial charge in [-0.2, -0.15) is 0 Å². The predicted octanol–water partition coefficient (Wildman–Crippen LogP) is 12.6. The highest BCUT2D eigenvalue weighted by Crippen LogP contribution is 2.45. The van der Waals surface area contributed by atoms with Crippen molar-refractivity contribution in [1.82, 2.24) is 9.55 Å². The molecule has 0 N–H and O–H groups in total. The summed E-state index contributed by atoms with van der Waals surface area (Å²) in [6.07, 6.45) is 0. The van der Waals surface area contributed by atoms with Crippen LogP contribution in [0.4, 0.5) is 11.5 Å². The van der Waals surface area contributed by atoms with Crippen molar-refractivity contribution in [2.45, 2.75) is 0 Å². The van der Waals surface area contributed by atoms with Crippen molar-refractivity contribution in [2.75, 3.05) is 11.9 Å². The van der Waals surface area contributed by atoms with Gasteiger partial charge in [0, 0.05) is 40.4 Å². The molecule has 0 saturated heterocycles. The first-order chi connectivity index (χ1) is 25.2. The molecule has 0 fully saturated rings. The van der Waals surface area contributed by atoms with E-state index in [9.17, 15) is 0 Å². The second-order valence-electron chi connectivity index (χ2n) is 12.9. The van der Waals surface area contributed by atoms with Gasteiger partial charge < -0.3 is 4.90 Å². The number of aromatic nitrogens is 2. The Morgan fingerprint density at radius 1 is 0.373 bits per heavy atom. The van der Waals surface area contributed by atoms with Gasteiger partial charge in [0.2, 0.25) is 0 Å². The fourth-order valence-corrected chi connectivity index (χ4v) is 7.23. The maximum atomic E-state index is 4.90. The number of pyridine rings is 1. The summed E-state index contributed by atoms with van der Waals surface area (Å²) < 4.78 is 2.40. The fourth-order valence-electron chi connectivity index (χ4n) is 7.23. The zero-order valence-electron chi connectivity index (χ0n) is 28.3. The van der Waals surface area contributed by atoms with Crippen molar-refractivity contribution >= 4 is 33.2 Å². The summed E-state index contributed by atoms with van der Waals surface area (Å²) in [4.78, 5) is 7.20. The maximum absolute atomic E-state index is 4.90. The molecule has 0 aliphatic carbocycles. The summed E-state index contributed by atoms with van der Waals surface area (Å²) in [6, 6.07) is 68.3. The average molecular weight is 654 g/mol. The molecule has 3 heteroatoms. The topological polar surface area (TPSA) is 21.1 Å². The molecule has 9 aromatic rings. The Labute approximate surface area is 298 Å². The van der Waals surface area contributed by atoms with Gasteiger partial charge in [0.25, 0.3) is 0 Å². The van der Waals surface area contributed by atoms with Crippen molar-refractivity contribution in [1.29, 1.82) is 0 Å². The van der Waals surface area contributed by atoms with Gasteiger partial charge in [0.05, 0.1) is 22.6 Å². The van der Waals surface area contributed by atoms with Crippen molar-refractivity contribution in [2.24, 2.45) is 0 Å². The Bertz CT molecular complexity index is 2500. The number of nitrogens with zero attached hydrogens (tertiary/aromatic N) is 3. The number of anilines is 2. The van der Waals surface area contributed by atoms with E-state index in [0.717, 1.165) is 22.5 Å². The van der Waals surface area contributed by atoms with E-state index in [-0.39, 0.29) is 0 Å². The highest BCUT2D eigenvalue weighted by Gasteiger charge is 2.24. The zero-order valence-corrected chi connectivity index (χ0v) is 28.3. The highest BCUT2D eigenvalue weighted by molar-refractivity contribution is 6.00. The Morgan fingerprint density at radius 3 is 1.53 bits per heavy atom. The maximum Gasteiger partial charge on any atom is 0.118 e. The van der Waals surface area contributed by atoms with E-state index in [1.165, 1.54) is 61.1 Å². The molecule has 0 amide bonds. The zero-order chi connectivity index (χ0) is 34.1. The second-order valence-corrected chi connectivity index (χ2v) is 12.9. The Kier molecular flexibility index (Phi) is 7.71. The monoisotopic (exact) mass is 653 g/mol. The summed E-state index contributed by atoms with van der Waals surface area (Å²) in [5.74, 6) is 1.19. The first-order valence-corrected chi connectivity index (χ1v) is 17.4. The van der Waals surface area contributed by atoms with Gasteiger partial charge in [-0.1, -0.05) is 152 Å². The second kappa shape index (κ2) is 13.0. The van der Waals surface area contributed by atoms with Crippen LogP contribution in [0.2, 0.25) is 0 Å². The minimum absolute atomic E-state index is 0.996. The van der Waals surface area contributed by atoms with Crippen molar-refractivity contribution in [3.05, 3.63) is 194 Å². The summed E-state index contributed by atoms with van der Waals surface area (Å²) in [5, 5.41) is 3.80. The SMILES string of the molecule is CN1c2ccccc2-c2cc3ccccc3cc2-n2c1cc1ccccc12.c1ccc(-c2cc(-c3ccccc3)nc(-c3ccccc3)c2)cc1. The van der Waals surface area contributed by atoms with E-state index in [4.69, 9.17) is 4.98 Å². The van der Waals surface area contributed by atoms with E-state index in [1.54, 1.807) is 0 Å². The lowest BCUT2D eigenvalue weighted by molar-refractivity contribution is 1.06. The molecule has 0 atom stereocenters. The van der Waals surface area contributed by atoms with Crippen LogP contribution in [0.1, 0.15) is 0 Å². The molecule has 7 aromatic carbocycles. The van der Waals surface area contributed by atoms with Gasteiger partial charge in [-0.15, -0.1) is 0 Å².